The number of carbonyl (C=O) groups is 2. The largest absolute Gasteiger partial charge is 0.368 e. The normalized spacial score (nSPS) is 10.8. The van der Waals surface area contributed by atoms with Gasteiger partial charge in [-0.2, -0.15) is 0 Å². The smallest absolute Gasteiger partial charge is 0.251 e. The Balaban J connectivity index is 0.00000420. The summed E-state index contributed by atoms with van der Waals surface area (Å²) in [6.45, 7) is 5.83. The van der Waals surface area contributed by atoms with Gasteiger partial charge in [0.1, 0.15) is 0 Å². The number of hydrogen-bond acceptors (Lipinski definition) is 5. The van der Waals surface area contributed by atoms with Crippen LogP contribution < -0.4 is 21.7 Å². The SMILES string of the molecule is CCNC(=NCc1ccc(C(=O)NCC(N)=O)cc1)NCCc1csc(C)n1.I. The van der Waals surface area contributed by atoms with Crippen LogP contribution in [0.15, 0.2) is 34.6 Å². The first kappa shape index (κ1) is 24.8. The molecule has 2 rings (SSSR count). The van der Waals surface area contributed by atoms with Crippen LogP contribution in [0.25, 0.3) is 0 Å². The molecule has 2 amide bonds. The van der Waals surface area contributed by atoms with Gasteiger partial charge in [0.15, 0.2) is 5.96 Å². The minimum Gasteiger partial charge on any atom is -0.368 e. The Bertz CT molecular complexity index is 822. The molecular weight excluding hydrogens is 503 g/mol. The van der Waals surface area contributed by atoms with E-state index in [1.54, 1.807) is 23.5 Å². The Morgan fingerprint density at radius 1 is 1.17 bits per heavy atom. The van der Waals surface area contributed by atoms with Crippen LogP contribution in [0.2, 0.25) is 0 Å². The first-order valence-corrected chi connectivity index (χ1v) is 9.94. The molecule has 1 aromatic carbocycles. The van der Waals surface area contributed by atoms with E-state index in [1.165, 1.54) is 0 Å². The second kappa shape index (κ2) is 13.1. The Hall–Kier alpha value is -2.21. The van der Waals surface area contributed by atoms with Crippen molar-refractivity contribution in [1.82, 2.24) is 20.9 Å². The van der Waals surface area contributed by atoms with Gasteiger partial charge in [0.05, 0.1) is 23.8 Å². The zero-order valence-electron chi connectivity index (χ0n) is 16.5. The predicted molar refractivity (Wildman–Crippen MR) is 127 cm³/mol. The molecule has 8 nitrogen and oxygen atoms in total. The molecule has 158 valence electrons. The monoisotopic (exact) mass is 530 g/mol. The first-order valence-electron chi connectivity index (χ1n) is 9.06. The van der Waals surface area contributed by atoms with E-state index in [9.17, 15) is 9.59 Å². The summed E-state index contributed by atoms with van der Waals surface area (Å²) >= 11 is 1.65. The lowest BCUT2D eigenvalue weighted by atomic mass is 10.1. The number of aromatic nitrogens is 1. The van der Waals surface area contributed by atoms with E-state index >= 15 is 0 Å². The quantitative estimate of drug-likeness (QED) is 0.223. The van der Waals surface area contributed by atoms with Crippen molar-refractivity contribution in [3.63, 3.8) is 0 Å². The zero-order valence-corrected chi connectivity index (χ0v) is 19.7. The third-order valence-corrected chi connectivity index (χ3v) is 4.57. The van der Waals surface area contributed by atoms with Crippen molar-refractivity contribution < 1.29 is 9.59 Å². The molecule has 0 saturated heterocycles. The summed E-state index contributed by atoms with van der Waals surface area (Å²) in [4.78, 5) is 31.6. The van der Waals surface area contributed by atoms with Crippen LogP contribution in [-0.2, 0) is 17.8 Å². The fourth-order valence-electron chi connectivity index (χ4n) is 2.38. The summed E-state index contributed by atoms with van der Waals surface area (Å²) in [6.07, 6.45) is 0.837. The minimum absolute atomic E-state index is 0. The van der Waals surface area contributed by atoms with Crippen LogP contribution in [-0.4, -0.2) is 42.4 Å². The molecule has 0 aliphatic heterocycles. The number of carbonyl (C=O) groups excluding carboxylic acids is 2. The molecule has 0 atom stereocenters. The number of nitrogens with two attached hydrogens (primary N) is 1. The summed E-state index contributed by atoms with van der Waals surface area (Å²) in [6, 6.07) is 7.08. The Morgan fingerprint density at radius 2 is 1.90 bits per heavy atom. The number of aliphatic imine (C=N–C) groups is 1. The number of thiazole rings is 1. The molecular formula is C19H27IN6O2S. The van der Waals surface area contributed by atoms with Crippen LogP contribution in [0.1, 0.15) is 33.5 Å². The van der Waals surface area contributed by atoms with Gasteiger partial charge in [0.25, 0.3) is 5.91 Å². The highest BCUT2D eigenvalue weighted by molar-refractivity contribution is 14.0. The third kappa shape index (κ3) is 9.22. The van der Waals surface area contributed by atoms with E-state index in [-0.39, 0.29) is 36.4 Å². The summed E-state index contributed by atoms with van der Waals surface area (Å²) in [5.41, 5.74) is 7.54. The lowest BCUT2D eigenvalue weighted by Gasteiger charge is -2.11. The fraction of sp³-hybridized carbons (Fsp3) is 0.368. The van der Waals surface area contributed by atoms with Gasteiger partial charge in [0, 0.05) is 30.5 Å². The maximum absolute atomic E-state index is 11.9. The minimum atomic E-state index is -0.576. The molecule has 1 aromatic heterocycles. The molecule has 0 spiro atoms. The van der Waals surface area contributed by atoms with Crippen molar-refractivity contribution in [2.75, 3.05) is 19.6 Å². The summed E-state index contributed by atoms with van der Waals surface area (Å²) in [5.74, 6) is -0.175. The molecule has 0 unspecified atom stereocenters. The van der Waals surface area contributed by atoms with Gasteiger partial charge in [-0.15, -0.1) is 35.3 Å². The summed E-state index contributed by atoms with van der Waals surface area (Å²) in [5, 5.41) is 12.1. The van der Waals surface area contributed by atoms with Crippen molar-refractivity contribution in [2.45, 2.75) is 26.8 Å². The van der Waals surface area contributed by atoms with E-state index in [4.69, 9.17) is 5.73 Å². The Labute approximate surface area is 191 Å². The zero-order chi connectivity index (χ0) is 20.4. The van der Waals surface area contributed by atoms with Gasteiger partial charge >= 0.3 is 0 Å². The highest BCUT2D eigenvalue weighted by atomic mass is 127. The molecule has 2 aromatic rings. The number of primary amides is 1. The second-order valence-corrected chi connectivity index (χ2v) is 7.14. The van der Waals surface area contributed by atoms with E-state index in [0.29, 0.717) is 12.1 Å². The van der Waals surface area contributed by atoms with Gasteiger partial charge < -0.3 is 21.7 Å². The number of guanidine groups is 1. The van der Waals surface area contributed by atoms with Crippen LogP contribution >= 0.6 is 35.3 Å². The van der Waals surface area contributed by atoms with Gasteiger partial charge in [0.2, 0.25) is 5.91 Å². The number of halogens is 1. The van der Waals surface area contributed by atoms with Gasteiger partial charge in [-0.25, -0.2) is 9.98 Å². The number of nitrogens with zero attached hydrogens (tertiary/aromatic N) is 2. The van der Waals surface area contributed by atoms with Gasteiger partial charge in [-0.3, -0.25) is 9.59 Å². The average molecular weight is 530 g/mol. The van der Waals surface area contributed by atoms with Crippen LogP contribution in [0.4, 0.5) is 0 Å². The van der Waals surface area contributed by atoms with Crippen molar-refractivity contribution in [2.24, 2.45) is 10.7 Å². The van der Waals surface area contributed by atoms with E-state index in [2.05, 4.69) is 31.3 Å². The van der Waals surface area contributed by atoms with E-state index in [1.807, 2.05) is 26.0 Å². The molecule has 0 fully saturated rings. The molecule has 10 heteroatoms. The topological polar surface area (TPSA) is 122 Å². The molecule has 0 bridgehead atoms. The van der Waals surface area contributed by atoms with Gasteiger partial charge in [-0.05, 0) is 31.5 Å². The summed E-state index contributed by atoms with van der Waals surface area (Å²) < 4.78 is 0. The lowest BCUT2D eigenvalue weighted by molar-refractivity contribution is -0.117. The highest BCUT2D eigenvalue weighted by Crippen LogP contribution is 2.08. The number of rotatable bonds is 9. The van der Waals surface area contributed by atoms with Crippen molar-refractivity contribution in [1.29, 1.82) is 0 Å². The number of hydrogen-bond donors (Lipinski definition) is 4. The Kier molecular flexibility index (Phi) is 11.2. The fourth-order valence-corrected chi connectivity index (χ4v) is 3.02. The predicted octanol–water partition coefficient (Wildman–Crippen LogP) is 1.58. The molecule has 0 saturated carbocycles. The maximum Gasteiger partial charge on any atom is 0.251 e. The van der Waals surface area contributed by atoms with Crippen LogP contribution in [0.5, 0.6) is 0 Å². The number of aryl methyl sites for hydroxylation is 1. The standard InChI is InChI=1S/C19H26N6O2S.HI/c1-3-21-19(22-9-8-16-12-28-13(2)25-16)24-10-14-4-6-15(7-5-14)18(27)23-11-17(20)26;/h4-7,12H,3,8-11H2,1-2H3,(H2,20,26)(H,23,27)(H2,21,22,24);1H. The summed E-state index contributed by atoms with van der Waals surface area (Å²) in [7, 11) is 0. The number of nitrogens with one attached hydrogen (secondary N) is 3. The molecule has 0 radical (unpaired) electrons. The van der Waals surface area contributed by atoms with Crippen molar-refractivity contribution in [3.05, 3.63) is 51.5 Å². The molecule has 5 N–H and O–H groups in total. The molecule has 0 aliphatic rings. The third-order valence-electron chi connectivity index (χ3n) is 3.74. The number of amides is 2. The van der Waals surface area contributed by atoms with Crippen LogP contribution in [0.3, 0.4) is 0 Å². The average Bonchev–Trinajstić information content (AvgIpc) is 3.09. The first-order chi connectivity index (χ1) is 13.5. The van der Waals surface area contributed by atoms with Crippen LogP contribution in [0, 0.1) is 6.92 Å². The lowest BCUT2D eigenvalue weighted by Crippen LogP contribution is -2.38. The molecule has 1 heterocycles. The van der Waals surface area contributed by atoms with Crippen molar-refractivity contribution >= 4 is 53.1 Å². The second-order valence-electron chi connectivity index (χ2n) is 6.08. The molecule has 29 heavy (non-hydrogen) atoms. The number of benzene rings is 1. The van der Waals surface area contributed by atoms with E-state index in [0.717, 1.165) is 41.7 Å². The van der Waals surface area contributed by atoms with Crippen molar-refractivity contribution in [3.8, 4) is 0 Å². The van der Waals surface area contributed by atoms with E-state index < -0.39 is 5.91 Å². The van der Waals surface area contributed by atoms with Gasteiger partial charge in [-0.1, -0.05) is 12.1 Å². The maximum atomic E-state index is 11.9. The highest BCUT2D eigenvalue weighted by Gasteiger charge is 2.06. The Morgan fingerprint density at radius 3 is 2.48 bits per heavy atom. The molecule has 0 aliphatic carbocycles.